The molecule has 0 spiro atoms. The summed E-state index contributed by atoms with van der Waals surface area (Å²) in [5.41, 5.74) is 0. The zero-order valence-corrected chi connectivity index (χ0v) is 11.5. The van der Waals surface area contributed by atoms with Crippen molar-refractivity contribution >= 4 is 22.6 Å². The van der Waals surface area contributed by atoms with Gasteiger partial charge in [-0.3, -0.25) is 4.79 Å². The lowest BCUT2D eigenvalue weighted by Gasteiger charge is -2.28. The molecular formula is C11H18N4O2S. The number of hydrogen-bond donors (Lipinski definition) is 1. The van der Waals surface area contributed by atoms with E-state index in [4.69, 9.17) is 4.74 Å². The molecule has 100 valence electrons. The molecule has 2 rings (SSSR count). The molecule has 1 saturated heterocycles. The third kappa shape index (κ3) is 3.39. The van der Waals surface area contributed by atoms with E-state index in [2.05, 4.69) is 14.7 Å². The predicted molar refractivity (Wildman–Crippen MR) is 69.8 cm³/mol. The van der Waals surface area contributed by atoms with E-state index in [0.29, 0.717) is 13.0 Å². The lowest BCUT2D eigenvalue weighted by atomic mass is 10.1. The third-order valence-corrected chi connectivity index (χ3v) is 3.67. The van der Waals surface area contributed by atoms with Crippen LogP contribution in [0.4, 0.5) is 5.13 Å². The van der Waals surface area contributed by atoms with Crippen molar-refractivity contribution in [1.82, 2.24) is 14.3 Å². The summed E-state index contributed by atoms with van der Waals surface area (Å²) in [5.74, 6) is 0.978. The van der Waals surface area contributed by atoms with E-state index in [1.165, 1.54) is 11.5 Å². The number of carbonyl (C=O) groups excluding carboxylic acids is 1. The molecule has 1 fully saturated rings. The first-order valence-electron chi connectivity index (χ1n) is 6.01. The molecule has 0 saturated carbocycles. The number of amides is 1. The van der Waals surface area contributed by atoms with Crippen LogP contribution in [0, 0.1) is 0 Å². The zero-order valence-electron chi connectivity index (χ0n) is 10.7. The highest BCUT2D eigenvalue weighted by Gasteiger charge is 2.23. The van der Waals surface area contributed by atoms with Gasteiger partial charge in [0.15, 0.2) is 0 Å². The number of ether oxygens (including phenoxy) is 1. The molecule has 0 bridgehead atoms. The average Bonchev–Trinajstić information content (AvgIpc) is 2.79. The lowest BCUT2D eigenvalue weighted by Crippen LogP contribution is -2.40. The Labute approximate surface area is 111 Å². The molecular weight excluding hydrogens is 252 g/mol. The maximum absolute atomic E-state index is 11.6. The number of likely N-dealkylation sites (tertiary alicyclic amines) is 1. The van der Waals surface area contributed by atoms with Crippen molar-refractivity contribution in [2.45, 2.75) is 25.3 Å². The SMILES string of the molecule is COCCc1nsc(NC2CCN(C)C(=O)C2)n1. The topological polar surface area (TPSA) is 67.3 Å². The second kappa shape index (κ2) is 6.10. The average molecular weight is 270 g/mol. The normalized spacial score (nSPS) is 20.2. The summed E-state index contributed by atoms with van der Waals surface area (Å²) in [5, 5.41) is 4.08. The van der Waals surface area contributed by atoms with E-state index in [1.807, 2.05) is 7.05 Å². The quantitative estimate of drug-likeness (QED) is 0.855. The monoisotopic (exact) mass is 270 g/mol. The van der Waals surface area contributed by atoms with Crippen molar-refractivity contribution in [2.24, 2.45) is 0 Å². The smallest absolute Gasteiger partial charge is 0.224 e. The maximum atomic E-state index is 11.6. The van der Waals surface area contributed by atoms with Crippen molar-refractivity contribution < 1.29 is 9.53 Å². The number of nitrogens with one attached hydrogen (secondary N) is 1. The van der Waals surface area contributed by atoms with E-state index in [9.17, 15) is 4.79 Å². The van der Waals surface area contributed by atoms with Crippen molar-refractivity contribution in [3.8, 4) is 0 Å². The number of nitrogens with zero attached hydrogens (tertiary/aromatic N) is 3. The van der Waals surface area contributed by atoms with E-state index in [0.717, 1.165) is 30.3 Å². The van der Waals surface area contributed by atoms with Gasteiger partial charge in [-0.05, 0) is 6.42 Å². The molecule has 1 aromatic rings. The fraction of sp³-hybridized carbons (Fsp3) is 0.727. The van der Waals surface area contributed by atoms with Gasteiger partial charge in [-0.15, -0.1) is 0 Å². The maximum Gasteiger partial charge on any atom is 0.224 e. The summed E-state index contributed by atoms with van der Waals surface area (Å²) in [7, 11) is 3.50. The van der Waals surface area contributed by atoms with Crippen molar-refractivity contribution in [3.63, 3.8) is 0 Å². The van der Waals surface area contributed by atoms with Gasteiger partial charge in [0.1, 0.15) is 5.82 Å². The molecule has 6 nitrogen and oxygen atoms in total. The van der Waals surface area contributed by atoms with Gasteiger partial charge in [-0.1, -0.05) is 0 Å². The van der Waals surface area contributed by atoms with E-state index < -0.39 is 0 Å². The first-order valence-corrected chi connectivity index (χ1v) is 6.78. The molecule has 1 atom stereocenters. The Kier molecular flexibility index (Phi) is 4.48. The Balaban J connectivity index is 1.85. The van der Waals surface area contributed by atoms with Crippen LogP contribution in [-0.2, 0) is 16.0 Å². The summed E-state index contributed by atoms with van der Waals surface area (Å²) in [4.78, 5) is 17.7. The summed E-state index contributed by atoms with van der Waals surface area (Å²) < 4.78 is 9.23. The minimum Gasteiger partial charge on any atom is -0.384 e. The standard InChI is InChI=1S/C11H18N4O2S/c1-15-5-3-8(7-10(15)16)12-11-13-9(14-18-11)4-6-17-2/h8H,3-7H2,1-2H3,(H,12,13,14). The number of aromatic nitrogens is 2. The van der Waals surface area contributed by atoms with Crippen LogP contribution in [0.2, 0.25) is 0 Å². The van der Waals surface area contributed by atoms with E-state index >= 15 is 0 Å². The van der Waals surface area contributed by atoms with Crippen molar-refractivity contribution in [3.05, 3.63) is 5.82 Å². The molecule has 7 heteroatoms. The Hall–Kier alpha value is -1.21. The first-order chi connectivity index (χ1) is 8.69. The second-order valence-corrected chi connectivity index (χ2v) is 5.16. The molecule has 1 aromatic heterocycles. The highest BCUT2D eigenvalue weighted by Crippen LogP contribution is 2.18. The fourth-order valence-electron chi connectivity index (χ4n) is 1.85. The van der Waals surface area contributed by atoms with Gasteiger partial charge in [-0.25, -0.2) is 4.98 Å². The number of methoxy groups -OCH3 is 1. The molecule has 1 unspecified atom stereocenters. The Morgan fingerprint density at radius 3 is 3.17 bits per heavy atom. The third-order valence-electron chi connectivity index (χ3n) is 2.99. The van der Waals surface area contributed by atoms with Crippen LogP contribution in [0.5, 0.6) is 0 Å². The molecule has 1 aliphatic heterocycles. The van der Waals surface area contributed by atoms with Gasteiger partial charge in [0.25, 0.3) is 0 Å². The summed E-state index contributed by atoms with van der Waals surface area (Å²) >= 11 is 1.34. The highest BCUT2D eigenvalue weighted by atomic mass is 32.1. The summed E-state index contributed by atoms with van der Waals surface area (Å²) in [6, 6.07) is 0.178. The molecule has 0 aromatic carbocycles. The number of hydrogen-bond acceptors (Lipinski definition) is 6. The van der Waals surface area contributed by atoms with Crippen LogP contribution in [-0.4, -0.2) is 53.5 Å². The van der Waals surface area contributed by atoms with Crippen molar-refractivity contribution in [1.29, 1.82) is 0 Å². The fourth-order valence-corrected chi connectivity index (χ4v) is 2.54. The Morgan fingerprint density at radius 2 is 2.44 bits per heavy atom. The number of anilines is 1. The van der Waals surface area contributed by atoms with Crippen molar-refractivity contribution in [2.75, 3.05) is 32.6 Å². The second-order valence-electron chi connectivity index (χ2n) is 4.41. The largest absolute Gasteiger partial charge is 0.384 e. The van der Waals surface area contributed by atoms with Gasteiger partial charge < -0.3 is 15.0 Å². The molecule has 0 radical (unpaired) electrons. The highest BCUT2D eigenvalue weighted by molar-refractivity contribution is 7.09. The first kappa shape index (κ1) is 13.2. The van der Waals surface area contributed by atoms with E-state index in [1.54, 1.807) is 12.0 Å². The van der Waals surface area contributed by atoms with Gasteiger partial charge in [0.05, 0.1) is 6.61 Å². The molecule has 2 heterocycles. The number of rotatable bonds is 5. The van der Waals surface area contributed by atoms with Gasteiger partial charge in [-0.2, -0.15) is 4.37 Å². The molecule has 1 amide bonds. The zero-order chi connectivity index (χ0) is 13.0. The van der Waals surface area contributed by atoms with Crippen LogP contribution in [0.15, 0.2) is 0 Å². The van der Waals surface area contributed by atoms with Crippen LogP contribution >= 0.6 is 11.5 Å². The van der Waals surface area contributed by atoms with Gasteiger partial charge >= 0.3 is 0 Å². The predicted octanol–water partition coefficient (Wildman–Crippen LogP) is 0.760. The summed E-state index contributed by atoms with van der Waals surface area (Å²) in [6.07, 6.45) is 2.21. The Morgan fingerprint density at radius 1 is 1.61 bits per heavy atom. The van der Waals surface area contributed by atoms with Gasteiger partial charge in [0, 0.05) is 51.1 Å². The molecule has 1 N–H and O–H groups in total. The molecule has 18 heavy (non-hydrogen) atoms. The number of piperidine rings is 1. The summed E-state index contributed by atoms with van der Waals surface area (Å²) in [6.45, 7) is 1.43. The lowest BCUT2D eigenvalue weighted by molar-refractivity contribution is -0.132. The van der Waals surface area contributed by atoms with Crippen LogP contribution in [0.1, 0.15) is 18.7 Å². The number of carbonyl (C=O) groups is 1. The minimum absolute atomic E-state index is 0.178. The van der Waals surface area contributed by atoms with Crippen LogP contribution in [0.25, 0.3) is 0 Å². The van der Waals surface area contributed by atoms with Crippen LogP contribution in [0.3, 0.4) is 0 Å². The minimum atomic E-state index is 0.178. The molecule has 0 aliphatic carbocycles. The van der Waals surface area contributed by atoms with E-state index in [-0.39, 0.29) is 11.9 Å². The van der Waals surface area contributed by atoms with Gasteiger partial charge in [0.2, 0.25) is 11.0 Å². The van der Waals surface area contributed by atoms with Crippen LogP contribution < -0.4 is 5.32 Å². The Bertz CT molecular complexity index is 410. The molecule has 1 aliphatic rings.